The Morgan fingerprint density at radius 1 is 0.429 bits per heavy atom. The number of aromatic amines is 2. The molecule has 5 heterocycles. The summed E-state index contributed by atoms with van der Waals surface area (Å²) in [6.07, 6.45) is 23.5. The molecule has 0 bridgehead atoms. The summed E-state index contributed by atoms with van der Waals surface area (Å²) in [6.45, 7) is 0. The summed E-state index contributed by atoms with van der Waals surface area (Å²) >= 11 is 0. The highest BCUT2D eigenvalue weighted by molar-refractivity contribution is 4.88. The molecule has 5 aromatic rings. The summed E-state index contributed by atoms with van der Waals surface area (Å²) in [5, 5.41) is 6.21. The normalized spacial score (nSPS) is 8.00. The number of pyridine rings is 1. The van der Waals surface area contributed by atoms with Crippen LogP contribution >= 0.6 is 0 Å². The Bertz CT molecular complexity index is 594. The molecule has 0 amide bonds. The van der Waals surface area contributed by atoms with Crippen LogP contribution in [0.15, 0.2) is 117 Å². The number of aromatic nitrogens is 9. The van der Waals surface area contributed by atoms with E-state index < -0.39 is 0 Å². The van der Waals surface area contributed by atoms with E-state index in [2.05, 4.69) is 45.1 Å². The topological polar surface area (TPSA) is 122 Å². The van der Waals surface area contributed by atoms with Crippen molar-refractivity contribution in [2.24, 2.45) is 0 Å². The molecule has 5 aromatic heterocycles. The van der Waals surface area contributed by atoms with Crippen molar-refractivity contribution in [3.8, 4) is 0 Å². The lowest BCUT2D eigenvalue weighted by molar-refractivity contribution is 1.09. The Morgan fingerprint density at radius 3 is 1.25 bits per heavy atom. The lowest BCUT2D eigenvalue weighted by Crippen LogP contribution is -1.66. The standard InChI is InChI=1S/C5H5N.2C4H4N2.2C3H4N2/c1-2-4-6-5-3-1;1-2-6-4-3-5-1;1-2-5-4-6-3-1;1-2-5-3-4-1;1-2-4-5-3-1/h1-5H;2*1-4H;2*1-3H,(H,4,5). The van der Waals surface area contributed by atoms with Gasteiger partial charge in [0.1, 0.15) is 6.33 Å². The van der Waals surface area contributed by atoms with E-state index in [1.807, 2.05) is 24.3 Å². The third-order valence-corrected chi connectivity index (χ3v) is 2.33. The highest BCUT2D eigenvalue weighted by Crippen LogP contribution is 1.73. The van der Waals surface area contributed by atoms with Gasteiger partial charge in [-0.15, -0.1) is 0 Å². The van der Waals surface area contributed by atoms with Gasteiger partial charge in [-0.05, 0) is 24.3 Å². The summed E-state index contributed by atoms with van der Waals surface area (Å²) in [6, 6.07) is 9.33. The molecule has 0 radical (unpaired) electrons. The van der Waals surface area contributed by atoms with E-state index in [1.54, 1.807) is 86.8 Å². The zero-order chi connectivity index (χ0) is 19.8. The number of rotatable bonds is 0. The van der Waals surface area contributed by atoms with Crippen molar-refractivity contribution >= 4 is 0 Å². The molecule has 0 aliphatic carbocycles. The van der Waals surface area contributed by atoms with Crippen molar-refractivity contribution in [2.45, 2.75) is 0 Å². The highest BCUT2D eigenvalue weighted by Gasteiger charge is 1.60. The molecule has 0 unspecified atom stereocenters. The summed E-state index contributed by atoms with van der Waals surface area (Å²) in [5.74, 6) is 0. The predicted octanol–water partition coefficient (Wildman–Crippen LogP) is 2.85. The SMILES string of the molecule is c1c[nH]cn1.c1ccncc1.c1cn[nH]c1.c1cnccn1.c1cncnc1. The molecule has 0 atom stereocenters. The number of hydrogen-bond acceptors (Lipinski definition) is 7. The number of imidazole rings is 1. The third kappa shape index (κ3) is 16.6. The van der Waals surface area contributed by atoms with Gasteiger partial charge in [-0.25, -0.2) is 15.0 Å². The number of nitrogens with zero attached hydrogens (tertiary/aromatic N) is 7. The van der Waals surface area contributed by atoms with Gasteiger partial charge in [0, 0.05) is 74.4 Å². The van der Waals surface area contributed by atoms with Crippen molar-refractivity contribution in [3.05, 3.63) is 117 Å². The highest BCUT2D eigenvalue weighted by atomic mass is 15.1. The largest absolute Gasteiger partial charge is 0.351 e. The number of hydrogen-bond donors (Lipinski definition) is 2. The molecule has 0 aliphatic rings. The fraction of sp³-hybridized carbons (Fsp3) is 0. The summed E-state index contributed by atoms with van der Waals surface area (Å²) in [7, 11) is 0. The van der Waals surface area contributed by atoms with Crippen LogP contribution in [0.1, 0.15) is 0 Å². The van der Waals surface area contributed by atoms with Crippen LogP contribution in [0.5, 0.6) is 0 Å². The summed E-state index contributed by atoms with van der Waals surface area (Å²) in [4.78, 5) is 25.0. The average molecular weight is 375 g/mol. The lowest BCUT2D eigenvalue weighted by Gasteiger charge is -1.70. The third-order valence-electron chi connectivity index (χ3n) is 2.33. The number of H-pyrrole nitrogens is 2. The van der Waals surface area contributed by atoms with Crippen molar-refractivity contribution in [3.63, 3.8) is 0 Å². The van der Waals surface area contributed by atoms with E-state index >= 15 is 0 Å². The maximum atomic E-state index is 3.78. The minimum Gasteiger partial charge on any atom is -0.351 e. The van der Waals surface area contributed by atoms with Crippen molar-refractivity contribution in [2.75, 3.05) is 0 Å². The van der Waals surface area contributed by atoms with Gasteiger partial charge in [-0.1, -0.05) is 6.07 Å². The van der Waals surface area contributed by atoms with Crippen molar-refractivity contribution in [1.82, 2.24) is 45.1 Å². The molecule has 0 aromatic carbocycles. The van der Waals surface area contributed by atoms with E-state index in [1.165, 1.54) is 6.33 Å². The molecule has 0 spiro atoms. The van der Waals surface area contributed by atoms with Crippen molar-refractivity contribution in [1.29, 1.82) is 0 Å². The predicted molar refractivity (Wildman–Crippen MR) is 105 cm³/mol. The van der Waals surface area contributed by atoms with Gasteiger partial charge in [0.25, 0.3) is 0 Å². The maximum Gasteiger partial charge on any atom is 0.115 e. The molecule has 9 heteroatoms. The molecule has 0 saturated carbocycles. The Hall–Kier alpha value is -4.27. The minimum absolute atomic E-state index is 1.50. The van der Waals surface area contributed by atoms with Crippen molar-refractivity contribution < 1.29 is 0 Å². The smallest absolute Gasteiger partial charge is 0.115 e. The van der Waals surface area contributed by atoms with E-state index in [4.69, 9.17) is 0 Å². The van der Waals surface area contributed by atoms with Gasteiger partial charge < -0.3 is 4.98 Å². The molecule has 0 fully saturated rings. The van der Waals surface area contributed by atoms with Gasteiger partial charge in [0.2, 0.25) is 0 Å². The van der Waals surface area contributed by atoms with Crippen LogP contribution in [0, 0.1) is 0 Å². The zero-order valence-electron chi connectivity index (χ0n) is 15.1. The van der Waals surface area contributed by atoms with Gasteiger partial charge in [-0.3, -0.25) is 20.1 Å². The minimum atomic E-state index is 1.50. The molecule has 5 rings (SSSR count). The number of nitrogens with one attached hydrogen (secondary N) is 2. The first-order valence-electron chi connectivity index (χ1n) is 8.11. The second-order valence-corrected chi connectivity index (χ2v) is 4.35. The van der Waals surface area contributed by atoms with Crippen LogP contribution < -0.4 is 0 Å². The van der Waals surface area contributed by atoms with Crippen LogP contribution in [0.2, 0.25) is 0 Å². The van der Waals surface area contributed by atoms with Gasteiger partial charge in [0.15, 0.2) is 0 Å². The van der Waals surface area contributed by atoms with Crippen LogP contribution in [0.3, 0.4) is 0 Å². The first kappa shape index (κ1) is 21.8. The average Bonchev–Trinajstić information content (AvgIpc) is 3.58. The molecule has 28 heavy (non-hydrogen) atoms. The van der Waals surface area contributed by atoms with Crippen LogP contribution in [0.4, 0.5) is 0 Å². The quantitative estimate of drug-likeness (QED) is 0.427. The first-order valence-corrected chi connectivity index (χ1v) is 8.11. The van der Waals surface area contributed by atoms with Crippen LogP contribution in [-0.4, -0.2) is 45.1 Å². The second kappa shape index (κ2) is 19.1. The zero-order valence-corrected chi connectivity index (χ0v) is 15.1. The fourth-order valence-corrected chi connectivity index (χ4v) is 1.25. The maximum absolute atomic E-state index is 3.78. The Morgan fingerprint density at radius 2 is 1.07 bits per heavy atom. The lowest BCUT2D eigenvalue weighted by atomic mass is 10.5. The second-order valence-electron chi connectivity index (χ2n) is 4.35. The molecule has 0 aliphatic heterocycles. The molecular formula is C19H21N9. The van der Waals surface area contributed by atoms with E-state index in [0.717, 1.165) is 0 Å². The van der Waals surface area contributed by atoms with Gasteiger partial charge in [0.05, 0.1) is 6.33 Å². The fourth-order valence-electron chi connectivity index (χ4n) is 1.25. The molecule has 0 saturated heterocycles. The van der Waals surface area contributed by atoms with Crippen LogP contribution in [-0.2, 0) is 0 Å². The van der Waals surface area contributed by atoms with Gasteiger partial charge >= 0.3 is 0 Å². The molecule has 9 nitrogen and oxygen atoms in total. The monoisotopic (exact) mass is 375 g/mol. The Balaban J connectivity index is 0.000000175. The first-order chi connectivity index (χ1) is 14.0. The Labute approximate surface area is 163 Å². The van der Waals surface area contributed by atoms with E-state index in [0.29, 0.717) is 0 Å². The van der Waals surface area contributed by atoms with Crippen LogP contribution in [0.25, 0.3) is 0 Å². The molecular weight excluding hydrogens is 354 g/mol. The van der Waals surface area contributed by atoms with Gasteiger partial charge in [-0.2, -0.15) is 5.10 Å². The summed E-state index contributed by atoms with van der Waals surface area (Å²) in [5.41, 5.74) is 0. The van der Waals surface area contributed by atoms with E-state index in [-0.39, 0.29) is 0 Å². The van der Waals surface area contributed by atoms with E-state index in [9.17, 15) is 0 Å². The Kier molecular flexibility index (Phi) is 14.8. The summed E-state index contributed by atoms with van der Waals surface area (Å²) < 4.78 is 0. The molecule has 142 valence electrons. The molecule has 2 N–H and O–H groups in total.